The van der Waals surface area contributed by atoms with Gasteiger partial charge in [-0.05, 0) is 42.9 Å². The van der Waals surface area contributed by atoms with E-state index in [4.69, 9.17) is 4.98 Å². The molecule has 0 saturated carbocycles. The van der Waals surface area contributed by atoms with Gasteiger partial charge in [0.15, 0.2) is 0 Å². The highest BCUT2D eigenvalue weighted by Gasteiger charge is 2.21. The van der Waals surface area contributed by atoms with Crippen molar-refractivity contribution in [3.8, 4) is 11.1 Å². The molecule has 0 atom stereocenters. The number of hydrogen-bond acceptors (Lipinski definition) is 5. The molecule has 0 radical (unpaired) electrons. The van der Waals surface area contributed by atoms with Crippen LogP contribution in [0.25, 0.3) is 22.0 Å². The van der Waals surface area contributed by atoms with E-state index in [0.29, 0.717) is 11.4 Å². The van der Waals surface area contributed by atoms with E-state index < -0.39 is 0 Å². The zero-order valence-electron chi connectivity index (χ0n) is 18.0. The number of nitrogens with one attached hydrogen (secondary N) is 1. The Morgan fingerprint density at radius 3 is 2.44 bits per heavy atom. The molecule has 1 saturated heterocycles. The van der Waals surface area contributed by atoms with Crippen molar-refractivity contribution < 1.29 is 4.79 Å². The molecular formula is C26H25N5O. The number of hydrogen-bond donors (Lipinski definition) is 1. The fourth-order valence-electron chi connectivity index (χ4n) is 3.98. The minimum Gasteiger partial charge on any atom is -0.336 e. The SMILES string of the molecule is CN1CCN(C(=O)c2ccc3cc(-c4ccccc4)c(Nc4ccccn4)nc3c2)CC1. The fraction of sp³-hybridized carbons (Fsp3) is 0.192. The van der Waals surface area contributed by atoms with Crippen molar-refractivity contribution in [2.75, 3.05) is 38.5 Å². The van der Waals surface area contributed by atoms with Crippen molar-refractivity contribution in [1.82, 2.24) is 19.8 Å². The predicted octanol–water partition coefficient (Wildman–Crippen LogP) is 4.43. The van der Waals surface area contributed by atoms with Crippen LogP contribution < -0.4 is 5.32 Å². The first kappa shape index (κ1) is 20.2. The van der Waals surface area contributed by atoms with Crippen molar-refractivity contribution in [2.24, 2.45) is 0 Å². The van der Waals surface area contributed by atoms with Gasteiger partial charge < -0.3 is 15.1 Å². The molecule has 1 N–H and O–H groups in total. The largest absolute Gasteiger partial charge is 0.336 e. The molecule has 6 heteroatoms. The summed E-state index contributed by atoms with van der Waals surface area (Å²) >= 11 is 0. The molecule has 0 aliphatic carbocycles. The number of carbonyl (C=O) groups is 1. The van der Waals surface area contributed by atoms with Gasteiger partial charge in [0.05, 0.1) is 5.52 Å². The van der Waals surface area contributed by atoms with Crippen molar-refractivity contribution >= 4 is 28.4 Å². The third-order valence-electron chi connectivity index (χ3n) is 5.85. The van der Waals surface area contributed by atoms with Crippen molar-refractivity contribution in [3.63, 3.8) is 0 Å². The Morgan fingerprint density at radius 2 is 1.69 bits per heavy atom. The topological polar surface area (TPSA) is 61.4 Å². The fourth-order valence-corrected chi connectivity index (χ4v) is 3.98. The molecule has 0 unspecified atom stereocenters. The molecule has 160 valence electrons. The zero-order chi connectivity index (χ0) is 21.9. The average Bonchev–Trinajstić information content (AvgIpc) is 2.84. The van der Waals surface area contributed by atoms with Crippen LogP contribution in [0.1, 0.15) is 10.4 Å². The number of carbonyl (C=O) groups excluding carboxylic acids is 1. The minimum atomic E-state index is 0.0631. The maximum atomic E-state index is 13.1. The Hall–Kier alpha value is -3.77. The maximum Gasteiger partial charge on any atom is 0.254 e. The summed E-state index contributed by atoms with van der Waals surface area (Å²) in [6, 6.07) is 23.8. The number of piperazine rings is 1. The Labute approximate surface area is 187 Å². The van der Waals surface area contributed by atoms with E-state index in [-0.39, 0.29) is 5.91 Å². The van der Waals surface area contributed by atoms with Crippen molar-refractivity contribution in [1.29, 1.82) is 0 Å². The average molecular weight is 424 g/mol. The van der Waals surface area contributed by atoms with Crippen LogP contribution >= 0.6 is 0 Å². The summed E-state index contributed by atoms with van der Waals surface area (Å²) in [5.41, 5.74) is 3.51. The first-order chi connectivity index (χ1) is 15.7. The summed E-state index contributed by atoms with van der Waals surface area (Å²) in [5.74, 6) is 1.50. The van der Waals surface area contributed by atoms with Gasteiger partial charge in [0.25, 0.3) is 5.91 Å². The highest BCUT2D eigenvalue weighted by atomic mass is 16.2. The van der Waals surface area contributed by atoms with E-state index >= 15 is 0 Å². The highest BCUT2D eigenvalue weighted by Crippen LogP contribution is 2.32. The van der Waals surface area contributed by atoms with Crippen LogP contribution in [-0.2, 0) is 0 Å². The van der Waals surface area contributed by atoms with E-state index in [1.165, 1.54) is 0 Å². The number of amides is 1. The van der Waals surface area contributed by atoms with E-state index in [2.05, 4.69) is 40.4 Å². The number of nitrogens with zero attached hydrogens (tertiary/aromatic N) is 4. The van der Waals surface area contributed by atoms with E-state index in [0.717, 1.165) is 54.0 Å². The third kappa shape index (κ3) is 4.18. The van der Waals surface area contributed by atoms with E-state index in [9.17, 15) is 4.79 Å². The summed E-state index contributed by atoms with van der Waals surface area (Å²) in [5, 5.41) is 4.35. The van der Waals surface area contributed by atoms with Gasteiger partial charge in [0.1, 0.15) is 11.6 Å². The van der Waals surface area contributed by atoms with Crippen LogP contribution in [-0.4, -0.2) is 58.9 Å². The number of pyridine rings is 2. The van der Waals surface area contributed by atoms with Gasteiger partial charge in [0, 0.05) is 48.9 Å². The van der Waals surface area contributed by atoms with Gasteiger partial charge >= 0.3 is 0 Å². The third-order valence-corrected chi connectivity index (χ3v) is 5.85. The first-order valence-corrected chi connectivity index (χ1v) is 10.8. The number of anilines is 2. The second-order valence-electron chi connectivity index (χ2n) is 8.09. The Bertz CT molecular complexity index is 1240. The van der Waals surface area contributed by atoms with Crippen LogP contribution in [0.2, 0.25) is 0 Å². The number of likely N-dealkylation sites (N-methyl/N-ethyl adjacent to an activating group) is 1. The molecule has 1 aliphatic heterocycles. The molecule has 2 aromatic heterocycles. The molecule has 6 nitrogen and oxygen atoms in total. The molecule has 4 aromatic rings. The van der Waals surface area contributed by atoms with Crippen molar-refractivity contribution in [3.05, 3.63) is 84.6 Å². The first-order valence-electron chi connectivity index (χ1n) is 10.8. The monoisotopic (exact) mass is 423 g/mol. The van der Waals surface area contributed by atoms with Crippen LogP contribution in [0.4, 0.5) is 11.6 Å². The quantitative estimate of drug-likeness (QED) is 0.526. The lowest BCUT2D eigenvalue weighted by Gasteiger charge is -2.32. The Morgan fingerprint density at radius 1 is 0.906 bits per heavy atom. The number of benzene rings is 2. The van der Waals surface area contributed by atoms with Crippen LogP contribution in [0.5, 0.6) is 0 Å². The van der Waals surface area contributed by atoms with Crippen molar-refractivity contribution in [2.45, 2.75) is 0 Å². The van der Waals surface area contributed by atoms with E-state index in [1.54, 1.807) is 6.20 Å². The molecule has 5 rings (SSSR count). The smallest absolute Gasteiger partial charge is 0.254 e. The van der Waals surface area contributed by atoms with Gasteiger partial charge in [0.2, 0.25) is 0 Å². The normalized spacial score (nSPS) is 14.5. The summed E-state index contributed by atoms with van der Waals surface area (Å²) in [6.45, 7) is 3.30. The summed E-state index contributed by atoms with van der Waals surface area (Å²) in [7, 11) is 2.09. The molecule has 0 spiro atoms. The molecule has 1 amide bonds. The summed E-state index contributed by atoms with van der Waals surface area (Å²) in [4.78, 5) is 26.5. The molecular weight excluding hydrogens is 398 g/mol. The Balaban J connectivity index is 1.55. The predicted molar refractivity (Wildman–Crippen MR) is 128 cm³/mol. The van der Waals surface area contributed by atoms with Gasteiger partial charge in [-0.25, -0.2) is 9.97 Å². The zero-order valence-corrected chi connectivity index (χ0v) is 18.0. The van der Waals surface area contributed by atoms with Crippen LogP contribution in [0.15, 0.2) is 79.0 Å². The van der Waals surface area contributed by atoms with Gasteiger partial charge in [-0.2, -0.15) is 0 Å². The summed E-state index contributed by atoms with van der Waals surface area (Å²) < 4.78 is 0. The maximum absolute atomic E-state index is 13.1. The lowest BCUT2D eigenvalue weighted by molar-refractivity contribution is 0.0664. The molecule has 1 aliphatic rings. The number of rotatable bonds is 4. The molecule has 2 aromatic carbocycles. The Kier molecular flexibility index (Phi) is 5.52. The molecule has 32 heavy (non-hydrogen) atoms. The molecule has 3 heterocycles. The number of aromatic nitrogens is 2. The lowest BCUT2D eigenvalue weighted by Crippen LogP contribution is -2.47. The summed E-state index contributed by atoms with van der Waals surface area (Å²) in [6.07, 6.45) is 1.75. The van der Waals surface area contributed by atoms with Crippen LogP contribution in [0, 0.1) is 0 Å². The highest BCUT2D eigenvalue weighted by molar-refractivity contribution is 5.99. The van der Waals surface area contributed by atoms with Gasteiger partial charge in [-0.15, -0.1) is 0 Å². The van der Waals surface area contributed by atoms with Gasteiger partial charge in [-0.3, -0.25) is 4.79 Å². The lowest BCUT2D eigenvalue weighted by atomic mass is 10.0. The second kappa shape index (κ2) is 8.77. The minimum absolute atomic E-state index is 0.0631. The number of fused-ring (bicyclic) bond motifs is 1. The van der Waals surface area contributed by atoms with E-state index in [1.807, 2.05) is 59.5 Å². The standard InChI is InChI=1S/C26H25N5O/c1-30-13-15-31(16-14-30)26(32)21-11-10-20-17-22(19-7-3-2-4-8-19)25(28-23(20)18-21)29-24-9-5-6-12-27-24/h2-12,17-18H,13-16H2,1H3,(H,27,28,29). The van der Waals surface area contributed by atoms with Gasteiger partial charge in [-0.1, -0.05) is 42.5 Å². The van der Waals surface area contributed by atoms with Crippen LogP contribution in [0.3, 0.4) is 0 Å². The molecule has 1 fully saturated rings. The molecule has 0 bridgehead atoms. The second-order valence-corrected chi connectivity index (χ2v) is 8.09.